The van der Waals surface area contributed by atoms with Gasteiger partial charge < -0.3 is 4.98 Å². The van der Waals surface area contributed by atoms with Crippen LogP contribution in [0.1, 0.15) is 49.3 Å². The number of hydrogen-bond donors (Lipinski definition) is 1. The van der Waals surface area contributed by atoms with Crippen molar-refractivity contribution in [3.05, 3.63) is 71.3 Å². The average Bonchev–Trinajstić information content (AvgIpc) is 3.36. The molecule has 1 saturated carbocycles. The van der Waals surface area contributed by atoms with Crippen LogP contribution in [0.5, 0.6) is 0 Å². The zero-order valence-corrected chi connectivity index (χ0v) is 16.5. The Morgan fingerprint density at radius 1 is 1.07 bits per heavy atom. The SMILES string of the molecule is Clc1cnc2[nH]c(C3CCCCC3)cc2c1-c1cnn(Cc2ccccc2)c1. The van der Waals surface area contributed by atoms with Crippen LogP contribution in [0.3, 0.4) is 0 Å². The summed E-state index contributed by atoms with van der Waals surface area (Å²) in [4.78, 5) is 8.09. The van der Waals surface area contributed by atoms with Gasteiger partial charge in [0, 0.05) is 34.6 Å². The van der Waals surface area contributed by atoms with E-state index >= 15 is 0 Å². The van der Waals surface area contributed by atoms with Crippen LogP contribution in [0.4, 0.5) is 0 Å². The molecule has 4 nitrogen and oxygen atoms in total. The number of nitrogens with zero attached hydrogens (tertiary/aromatic N) is 3. The summed E-state index contributed by atoms with van der Waals surface area (Å²) in [5.74, 6) is 0.607. The molecule has 1 aliphatic rings. The lowest BCUT2D eigenvalue weighted by molar-refractivity contribution is 0.438. The smallest absolute Gasteiger partial charge is 0.138 e. The zero-order valence-electron chi connectivity index (χ0n) is 15.7. The summed E-state index contributed by atoms with van der Waals surface area (Å²) in [5, 5.41) is 6.32. The number of aromatic amines is 1. The molecule has 0 radical (unpaired) electrons. The van der Waals surface area contributed by atoms with Gasteiger partial charge in [-0.25, -0.2) is 4.98 Å². The van der Waals surface area contributed by atoms with Gasteiger partial charge in [-0.05, 0) is 30.4 Å². The van der Waals surface area contributed by atoms with E-state index in [1.165, 1.54) is 43.4 Å². The maximum atomic E-state index is 6.59. The lowest BCUT2D eigenvalue weighted by Gasteiger charge is -2.20. The van der Waals surface area contributed by atoms with E-state index in [9.17, 15) is 0 Å². The second-order valence-corrected chi connectivity index (χ2v) is 8.12. The molecule has 5 rings (SSSR count). The first-order valence-corrected chi connectivity index (χ1v) is 10.4. The van der Waals surface area contributed by atoms with Crippen molar-refractivity contribution in [3.63, 3.8) is 0 Å². The first kappa shape index (κ1) is 17.5. The molecule has 0 atom stereocenters. The number of nitrogens with one attached hydrogen (secondary N) is 1. The Morgan fingerprint density at radius 2 is 1.89 bits per heavy atom. The summed E-state index contributed by atoms with van der Waals surface area (Å²) in [7, 11) is 0. The first-order valence-electron chi connectivity index (χ1n) is 10.0. The number of fused-ring (bicyclic) bond motifs is 1. The Morgan fingerprint density at radius 3 is 2.71 bits per heavy atom. The number of hydrogen-bond acceptors (Lipinski definition) is 2. The number of rotatable bonds is 4. The number of aromatic nitrogens is 4. The van der Waals surface area contributed by atoms with Crippen LogP contribution in [-0.4, -0.2) is 19.7 Å². The van der Waals surface area contributed by atoms with Crippen LogP contribution in [0.2, 0.25) is 5.02 Å². The van der Waals surface area contributed by atoms with Crippen molar-refractivity contribution >= 4 is 22.6 Å². The van der Waals surface area contributed by atoms with Crippen LogP contribution in [0.25, 0.3) is 22.2 Å². The van der Waals surface area contributed by atoms with Crippen molar-refractivity contribution in [3.8, 4) is 11.1 Å². The fourth-order valence-electron chi connectivity index (χ4n) is 4.35. The highest BCUT2D eigenvalue weighted by molar-refractivity contribution is 6.34. The van der Waals surface area contributed by atoms with Gasteiger partial charge in [0.25, 0.3) is 0 Å². The standard InChI is InChI=1S/C23H23ClN4/c24-20-13-25-23-19(11-21(27-23)17-9-5-2-6-10-17)22(20)18-12-26-28(15-18)14-16-7-3-1-4-8-16/h1,3-4,7-8,11-13,15,17H,2,5-6,9-10,14H2,(H,25,27). The number of H-pyrrole nitrogens is 1. The minimum Gasteiger partial charge on any atom is -0.343 e. The van der Waals surface area contributed by atoms with Crippen LogP contribution in [0, 0.1) is 0 Å². The van der Waals surface area contributed by atoms with Crippen molar-refractivity contribution in [1.82, 2.24) is 19.7 Å². The predicted molar refractivity (Wildman–Crippen MR) is 114 cm³/mol. The summed E-state index contributed by atoms with van der Waals surface area (Å²) in [6, 6.07) is 12.6. The minimum atomic E-state index is 0.607. The van der Waals surface area contributed by atoms with Gasteiger partial charge >= 0.3 is 0 Å². The highest BCUT2D eigenvalue weighted by Crippen LogP contribution is 2.38. The fourth-order valence-corrected chi connectivity index (χ4v) is 4.61. The van der Waals surface area contributed by atoms with Gasteiger partial charge in [0.2, 0.25) is 0 Å². The summed E-state index contributed by atoms with van der Waals surface area (Å²) in [5.41, 5.74) is 5.48. The molecule has 0 bridgehead atoms. The molecule has 1 aromatic carbocycles. The molecule has 1 aliphatic carbocycles. The maximum Gasteiger partial charge on any atom is 0.138 e. The zero-order chi connectivity index (χ0) is 18.9. The molecule has 0 amide bonds. The summed E-state index contributed by atoms with van der Waals surface area (Å²) < 4.78 is 1.96. The Labute approximate surface area is 169 Å². The molecule has 3 heterocycles. The van der Waals surface area contributed by atoms with E-state index in [4.69, 9.17) is 11.6 Å². The molecule has 0 unspecified atom stereocenters. The van der Waals surface area contributed by atoms with Crippen LogP contribution < -0.4 is 0 Å². The van der Waals surface area contributed by atoms with Crippen molar-refractivity contribution in [2.45, 2.75) is 44.6 Å². The molecule has 142 valence electrons. The monoisotopic (exact) mass is 390 g/mol. The molecule has 28 heavy (non-hydrogen) atoms. The quantitative estimate of drug-likeness (QED) is 0.452. The van der Waals surface area contributed by atoms with Crippen LogP contribution >= 0.6 is 11.6 Å². The van der Waals surface area contributed by atoms with E-state index in [1.807, 2.05) is 16.9 Å². The minimum absolute atomic E-state index is 0.607. The highest BCUT2D eigenvalue weighted by Gasteiger charge is 2.20. The second kappa shape index (κ2) is 7.44. The van der Waals surface area contributed by atoms with Crippen molar-refractivity contribution in [1.29, 1.82) is 0 Å². The second-order valence-electron chi connectivity index (χ2n) is 7.72. The van der Waals surface area contributed by atoms with E-state index in [0.29, 0.717) is 10.9 Å². The van der Waals surface area contributed by atoms with Crippen molar-refractivity contribution in [2.24, 2.45) is 0 Å². The summed E-state index contributed by atoms with van der Waals surface area (Å²) in [6.45, 7) is 0.743. The van der Waals surface area contributed by atoms with Gasteiger partial charge in [-0.1, -0.05) is 61.2 Å². The molecule has 0 aliphatic heterocycles. The third-order valence-corrected chi connectivity index (χ3v) is 6.07. The molecule has 3 aromatic heterocycles. The number of halogens is 1. The van der Waals surface area contributed by atoms with Gasteiger partial charge in [0.15, 0.2) is 0 Å². The van der Waals surface area contributed by atoms with Gasteiger partial charge in [0.1, 0.15) is 5.65 Å². The third kappa shape index (κ3) is 3.33. The van der Waals surface area contributed by atoms with E-state index < -0.39 is 0 Å². The maximum absolute atomic E-state index is 6.59. The molecule has 5 heteroatoms. The lowest BCUT2D eigenvalue weighted by Crippen LogP contribution is -2.04. The number of pyridine rings is 1. The number of benzene rings is 1. The third-order valence-electron chi connectivity index (χ3n) is 5.79. The lowest BCUT2D eigenvalue weighted by atomic mass is 9.87. The molecule has 0 saturated heterocycles. The summed E-state index contributed by atoms with van der Waals surface area (Å²) in [6.07, 6.45) is 12.2. The van der Waals surface area contributed by atoms with Crippen LogP contribution in [-0.2, 0) is 6.54 Å². The molecular formula is C23H23ClN4. The normalized spacial score (nSPS) is 15.3. The van der Waals surface area contributed by atoms with E-state index in [0.717, 1.165) is 28.7 Å². The van der Waals surface area contributed by atoms with Gasteiger partial charge in [0.05, 0.1) is 17.8 Å². The van der Waals surface area contributed by atoms with E-state index in [-0.39, 0.29) is 0 Å². The van der Waals surface area contributed by atoms with Gasteiger partial charge in [-0.3, -0.25) is 4.68 Å². The first-order chi connectivity index (χ1) is 13.8. The Balaban J connectivity index is 1.51. The molecule has 1 N–H and O–H groups in total. The van der Waals surface area contributed by atoms with Crippen LogP contribution in [0.15, 0.2) is 55.0 Å². The predicted octanol–water partition coefficient (Wildman–Crippen LogP) is 6.18. The van der Waals surface area contributed by atoms with E-state index in [2.05, 4.69) is 51.6 Å². The molecule has 4 aromatic rings. The molecule has 0 spiro atoms. The van der Waals surface area contributed by atoms with Gasteiger partial charge in [-0.2, -0.15) is 5.10 Å². The van der Waals surface area contributed by atoms with Crippen molar-refractivity contribution in [2.75, 3.05) is 0 Å². The van der Waals surface area contributed by atoms with Gasteiger partial charge in [-0.15, -0.1) is 0 Å². The Bertz CT molecular complexity index is 1090. The average molecular weight is 391 g/mol. The highest BCUT2D eigenvalue weighted by atomic mass is 35.5. The summed E-state index contributed by atoms with van der Waals surface area (Å²) >= 11 is 6.59. The topological polar surface area (TPSA) is 46.5 Å². The molecule has 1 fully saturated rings. The van der Waals surface area contributed by atoms with E-state index in [1.54, 1.807) is 6.20 Å². The fraction of sp³-hybridized carbons (Fsp3) is 0.304. The molecular weight excluding hydrogens is 368 g/mol. The Hall–Kier alpha value is -2.59. The Kier molecular flexibility index (Phi) is 4.65. The largest absolute Gasteiger partial charge is 0.343 e. The van der Waals surface area contributed by atoms with Crippen molar-refractivity contribution < 1.29 is 0 Å².